The summed E-state index contributed by atoms with van der Waals surface area (Å²) < 4.78 is 6.83. The van der Waals surface area contributed by atoms with Gasteiger partial charge in [0.1, 0.15) is 0 Å². The van der Waals surface area contributed by atoms with Crippen molar-refractivity contribution < 1.29 is 4.74 Å². The van der Waals surface area contributed by atoms with Gasteiger partial charge < -0.3 is 15.4 Å². The molecule has 5 nitrogen and oxygen atoms in total. The number of nitrogens with zero attached hydrogens (tertiary/aromatic N) is 2. The minimum atomic E-state index is 0.500. The Labute approximate surface area is 157 Å². The van der Waals surface area contributed by atoms with Gasteiger partial charge in [-0.2, -0.15) is 5.10 Å². The quantitative estimate of drug-likeness (QED) is 0.558. The molecule has 2 N–H and O–H groups in total. The van der Waals surface area contributed by atoms with E-state index in [1.807, 2.05) is 35.9 Å². The van der Waals surface area contributed by atoms with Gasteiger partial charge in [0.15, 0.2) is 10.9 Å². The molecule has 0 unspecified atom stereocenters. The van der Waals surface area contributed by atoms with Gasteiger partial charge in [0.25, 0.3) is 0 Å². The van der Waals surface area contributed by atoms with Gasteiger partial charge in [-0.3, -0.25) is 4.68 Å². The summed E-state index contributed by atoms with van der Waals surface area (Å²) in [6.45, 7) is 3.91. The Bertz CT molecular complexity index is 685. The van der Waals surface area contributed by atoms with Gasteiger partial charge in [0, 0.05) is 47.6 Å². The van der Waals surface area contributed by atoms with E-state index < -0.39 is 0 Å². The number of rotatable bonds is 7. The number of hydrogen-bond acceptors (Lipinski definition) is 3. The highest BCUT2D eigenvalue weighted by molar-refractivity contribution is 7.80. The minimum absolute atomic E-state index is 0.500. The Balaban J connectivity index is 1.98. The molecule has 8 heteroatoms. The van der Waals surface area contributed by atoms with Crippen LogP contribution in [0.3, 0.4) is 0 Å². The Kier molecular flexibility index (Phi) is 7.30. The molecule has 0 radical (unpaired) electrons. The third-order valence-corrected chi connectivity index (χ3v) is 4.36. The number of thiocarbonyl (C=S) groups is 1. The maximum atomic E-state index is 6.22. The molecule has 130 valence electrons. The molecular weight excluding hydrogens is 367 g/mol. The number of methoxy groups -OCH3 is 1. The summed E-state index contributed by atoms with van der Waals surface area (Å²) in [7, 11) is 1.68. The first-order valence-electron chi connectivity index (χ1n) is 7.52. The Morgan fingerprint density at radius 2 is 2.04 bits per heavy atom. The number of nitrogens with one attached hydrogen (secondary N) is 2. The lowest BCUT2D eigenvalue weighted by molar-refractivity contribution is 0.196. The van der Waals surface area contributed by atoms with Crippen molar-refractivity contribution in [2.75, 3.05) is 25.6 Å². The second kappa shape index (κ2) is 9.22. The summed E-state index contributed by atoms with van der Waals surface area (Å²) in [5.74, 6) is 0.680. The number of hydrogen-bond donors (Lipinski definition) is 2. The van der Waals surface area contributed by atoms with Crippen LogP contribution >= 0.6 is 35.4 Å². The van der Waals surface area contributed by atoms with Crippen LogP contribution in [0.25, 0.3) is 0 Å². The van der Waals surface area contributed by atoms with Crippen LogP contribution in [0.5, 0.6) is 0 Å². The highest BCUT2D eigenvalue weighted by Crippen LogP contribution is 2.25. The lowest BCUT2D eigenvalue weighted by Crippen LogP contribution is -2.30. The van der Waals surface area contributed by atoms with Crippen molar-refractivity contribution in [3.63, 3.8) is 0 Å². The monoisotopic (exact) mass is 386 g/mol. The summed E-state index contributed by atoms with van der Waals surface area (Å²) in [6, 6.07) is 7.39. The first kappa shape index (κ1) is 19.0. The number of benzene rings is 1. The minimum Gasteiger partial charge on any atom is -0.385 e. The predicted molar refractivity (Wildman–Crippen MR) is 103 cm³/mol. The van der Waals surface area contributed by atoms with Crippen molar-refractivity contribution in [2.24, 2.45) is 0 Å². The third-order valence-electron chi connectivity index (χ3n) is 3.40. The molecule has 1 aromatic heterocycles. The summed E-state index contributed by atoms with van der Waals surface area (Å²) in [5, 5.41) is 12.5. The molecule has 1 heterocycles. The van der Waals surface area contributed by atoms with E-state index in [1.165, 1.54) is 0 Å². The van der Waals surface area contributed by atoms with Gasteiger partial charge in [0.05, 0.1) is 6.54 Å². The van der Waals surface area contributed by atoms with E-state index in [9.17, 15) is 0 Å². The highest BCUT2D eigenvalue weighted by Gasteiger charge is 2.10. The van der Waals surface area contributed by atoms with Crippen LogP contribution in [0.15, 0.2) is 24.3 Å². The largest absolute Gasteiger partial charge is 0.385 e. The highest BCUT2D eigenvalue weighted by atomic mass is 35.5. The van der Waals surface area contributed by atoms with Crippen LogP contribution in [-0.2, 0) is 11.3 Å². The molecule has 0 atom stereocenters. The molecule has 2 aromatic rings. The first-order valence-corrected chi connectivity index (χ1v) is 8.69. The Morgan fingerprint density at radius 1 is 1.33 bits per heavy atom. The van der Waals surface area contributed by atoms with Crippen molar-refractivity contribution in [1.29, 1.82) is 0 Å². The lowest BCUT2D eigenvalue weighted by atomic mass is 10.2. The smallest absolute Gasteiger partial charge is 0.171 e. The summed E-state index contributed by atoms with van der Waals surface area (Å²) in [6.07, 6.45) is 0.886. The predicted octanol–water partition coefficient (Wildman–Crippen LogP) is 3.87. The fourth-order valence-corrected chi connectivity index (χ4v) is 2.87. The Morgan fingerprint density at radius 3 is 2.71 bits per heavy atom. The molecule has 0 saturated carbocycles. The van der Waals surface area contributed by atoms with Gasteiger partial charge in [-0.15, -0.1) is 0 Å². The number of aromatic nitrogens is 2. The third kappa shape index (κ3) is 5.34. The topological polar surface area (TPSA) is 51.1 Å². The molecule has 0 spiro atoms. The fraction of sp³-hybridized carbons (Fsp3) is 0.375. The molecule has 1 aromatic carbocycles. The molecule has 0 amide bonds. The van der Waals surface area contributed by atoms with Crippen LogP contribution in [-0.4, -0.2) is 35.2 Å². The molecule has 0 aliphatic carbocycles. The van der Waals surface area contributed by atoms with E-state index >= 15 is 0 Å². The molecule has 0 saturated heterocycles. The van der Waals surface area contributed by atoms with E-state index in [0.717, 1.165) is 24.2 Å². The van der Waals surface area contributed by atoms with Gasteiger partial charge >= 0.3 is 0 Å². The van der Waals surface area contributed by atoms with Gasteiger partial charge in [-0.05, 0) is 37.7 Å². The normalized spacial score (nSPS) is 10.7. The zero-order valence-electron chi connectivity index (χ0n) is 13.6. The average Bonchev–Trinajstić information content (AvgIpc) is 2.87. The maximum Gasteiger partial charge on any atom is 0.171 e. The molecule has 2 rings (SSSR count). The molecule has 0 aliphatic heterocycles. The molecule has 0 fully saturated rings. The van der Waals surface area contributed by atoms with E-state index in [4.69, 9.17) is 40.2 Å². The first-order chi connectivity index (χ1) is 11.5. The van der Waals surface area contributed by atoms with Crippen LogP contribution in [0.4, 0.5) is 5.82 Å². The number of ether oxygens (including phenoxy) is 1. The second-order valence-electron chi connectivity index (χ2n) is 5.26. The van der Waals surface area contributed by atoms with Crippen molar-refractivity contribution in [3.8, 4) is 0 Å². The van der Waals surface area contributed by atoms with Crippen molar-refractivity contribution >= 4 is 46.4 Å². The van der Waals surface area contributed by atoms with Crippen LogP contribution in [0.1, 0.15) is 17.7 Å². The van der Waals surface area contributed by atoms with Crippen LogP contribution in [0.2, 0.25) is 10.0 Å². The molecular formula is C16H20Cl2N4OS. The molecule has 0 bridgehead atoms. The van der Waals surface area contributed by atoms with E-state index in [2.05, 4.69) is 15.7 Å². The van der Waals surface area contributed by atoms with Crippen molar-refractivity contribution in [3.05, 3.63) is 45.6 Å². The number of anilines is 1. The van der Waals surface area contributed by atoms with Crippen molar-refractivity contribution in [1.82, 2.24) is 15.1 Å². The van der Waals surface area contributed by atoms with Gasteiger partial charge in [-0.1, -0.05) is 29.3 Å². The SMILES string of the molecule is COCCCNC(=S)Nc1cc(C)n(Cc2c(Cl)cccc2Cl)n1. The summed E-state index contributed by atoms with van der Waals surface area (Å²) in [4.78, 5) is 0. The standard InChI is InChI=1S/C16H20Cl2N4OS/c1-11-9-15(20-16(24)19-7-4-8-23-2)21-22(11)10-12-13(17)5-3-6-14(12)18/h3,5-6,9H,4,7-8,10H2,1-2H3,(H2,19,20,21,24). The summed E-state index contributed by atoms with van der Waals surface area (Å²) >= 11 is 17.7. The molecule has 24 heavy (non-hydrogen) atoms. The number of aryl methyl sites for hydroxylation is 1. The van der Waals surface area contributed by atoms with E-state index in [1.54, 1.807) is 7.11 Å². The average molecular weight is 387 g/mol. The zero-order chi connectivity index (χ0) is 17.5. The van der Waals surface area contributed by atoms with Crippen LogP contribution < -0.4 is 10.6 Å². The van der Waals surface area contributed by atoms with Gasteiger partial charge in [0.2, 0.25) is 0 Å². The van der Waals surface area contributed by atoms with Crippen LogP contribution in [0, 0.1) is 6.92 Å². The maximum absolute atomic E-state index is 6.22. The summed E-state index contributed by atoms with van der Waals surface area (Å²) in [5.41, 5.74) is 1.83. The Hall–Kier alpha value is -1.34. The second-order valence-corrected chi connectivity index (χ2v) is 6.48. The van der Waals surface area contributed by atoms with Crippen molar-refractivity contribution in [2.45, 2.75) is 19.9 Å². The van der Waals surface area contributed by atoms with E-state index in [0.29, 0.717) is 34.1 Å². The number of halogens is 2. The zero-order valence-corrected chi connectivity index (χ0v) is 15.9. The fourth-order valence-electron chi connectivity index (χ4n) is 2.14. The molecule has 0 aliphatic rings. The van der Waals surface area contributed by atoms with E-state index in [-0.39, 0.29) is 0 Å². The van der Waals surface area contributed by atoms with Gasteiger partial charge in [-0.25, -0.2) is 0 Å². The lowest BCUT2D eigenvalue weighted by Gasteiger charge is -2.09.